The van der Waals surface area contributed by atoms with E-state index in [9.17, 15) is 0 Å². The van der Waals surface area contributed by atoms with Gasteiger partial charge in [0.1, 0.15) is 6.33 Å². The van der Waals surface area contributed by atoms with Crippen LogP contribution in [0.15, 0.2) is 127 Å². The maximum atomic E-state index is 6.25. The second-order valence-electron chi connectivity index (χ2n) is 8.47. The summed E-state index contributed by atoms with van der Waals surface area (Å²) in [7, 11) is 0. The molecule has 0 amide bonds. The Hall–Kier alpha value is -4.74. The number of hydrazone groups is 1. The normalized spacial score (nSPS) is 11.3. The maximum absolute atomic E-state index is 6.25. The quantitative estimate of drug-likeness (QED) is 0.187. The molecule has 0 spiro atoms. The number of nitrogens with zero attached hydrogens (tertiary/aromatic N) is 4. The van der Waals surface area contributed by atoms with Gasteiger partial charge in [-0.05, 0) is 41.0 Å². The zero-order valence-corrected chi connectivity index (χ0v) is 20.5. The van der Waals surface area contributed by atoms with E-state index in [2.05, 4.69) is 44.3 Å². The number of halogens is 1. The van der Waals surface area contributed by atoms with Gasteiger partial charge in [0.2, 0.25) is 0 Å². The SMILES string of the molecule is Clc1ccc(-n2c(-c3ccccc3)c(-c3ccccc3)c3c(N/N=C/c4ccccc4)ncnc32)cc1. The Bertz CT molecular complexity index is 1680. The molecule has 0 fully saturated rings. The van der Waals surface area contributed by atoms with E-state index in [4.69, 9.17) is 16.6 Å². The van der Waals surface area contributed by atoms with E-state index >= 15 is 0 Å². The molecule has 0 atom stereocenters. The summed E-state index contributed by atoms with van der Waals surface area (Å²) >= 11 is 6.25. The lowest BCUT2D eigenvalue weighted by molar-refractivity contribution is 1.08. The number of benzene rings is 4. The number of hydrogen-bond donors (Lipinski definition) is 1. The Balaban J connectivity index is 1.65. The first-order chi connectivity index (χ1) is 18.3. The van der Waals surface area contributed by atoms with Crippen LogP contribution >= 0.6 is 11.6 Å². The molecule has 0 aliphatic heterocycles. The summed E-state index contributed by atoms with van der Waals surface area (Å²) in [5.74, 6) is 0.626. The number of rotatable bonds is 6. The molecule has 4 aromatic carbocycles. The van der Waals surface area contributed by atoms with Crippen molar-refractivity contribution in [1.82, 2.24) is 14.5 Å². The Morgan fingerprint density at radius 1 is 0.703 bits per heavy atom. The van der Waals surface area contributed by atoms with Gasteiger partial charge in [0.05, 0.1) is 17.3 Å². The Morgan fingerprint density at radius 2 is 1.32 bits per heavy atom. The first-order valence-electron chi connectivity index (χ1n) is 11.9. The largest absolute Gasteiger partial charge is 0.293 e. The van der Waals surface area contributed by atoms with Crippen molar-refractivity contribution in [3.63, 3.8) is 0 Å². The topological polar surface area (TPSA) is 55.1 Å². The molecule has 0 saturated heterocycles. The fourth-order valence-corrected chi connectivity index (χ4v) is 4.63. The highest BCUT2D eigenvalue weighted by Gasteiger charge is 2.24. The molecular formula is C31H22ClN5. The average molecular weight is 500 g/mol. The Kier molecular flexibility index (Phi) is 6.19. The fraction of sp³-hybridized carbons (Fsp3) is 0. The lowest BCUT2D eigenvalue weighted by Crippen LogP contribution is -1.99. The minimum atomic E-state index is 0.626. The van der Waals surface area contributed by atoms with Crippen LogP contribution in [0.4, 0.5) is 5.82 Å². The van der Waals surface area contributed by atoms with Crippen molar-refractivity contribution in [2.75, 3.05) is 5.43 Å². The summed E-state index contributed by atoms with van der Waals surface area (Å²) in [6.07, 6.45) is 3.35. The van der Waals surface area contributed by atoms with E-state index in [0.717, 1.165) is 44.7 Å². The van der Waals surface area contributed by atoms with Crippen molar-refractivity contribution < 1.29 is 0 Å². The molecule has 0 aliphatic carbocycles. The van der Waals surface area contributed by atoms with Crippen molar-refractivity contribution in [3.05, 3.63) is 132 Å². The molecule has 0 radical (unpaired) electrons. The second kappa shape index (κ2) is 10.1. The number of aromatic nitrogens is 3. The lowest BCUT2D eigenvalue weighted by Gasteiger charge is -2.13. The number of nitrogens with one attached hydrogen (secondary N) is 1. The minimum absolute atomic E-state index is 0.626. The van der Waals surface area contributed by atoms with Gasteiger partial charge in [-0.15, -0.1) is 0 Å². The summed E-state index contributed by atoms with van der Waals surface area (Å²) in [6.45, 7) is 0. The first kappa shape index (κ1) is 22.7. The molecule has 0 aliphatic rings. The van der Waals surface area contributed by atoms with Crippen LogP contribution in [0.3, 0.4) is 0 Å². The molecule has 0 unspecified atom stereocenters. The van der Waals surface area contributed by atoms with Crippen LogP contribution in [0, 0.1) is 0 Å². The van der Waals surface area contributed by atoms with Crippen molar-refractivity contribution in [1.29, 1.82) is 0 Å². The molecule has 6 aromatic rings. The highest BCUT2D eigenvalue weighted by atomic mass is 35.5. The molecule has 178 valence electrons. The second-order valence-corrected chi connectivity index (χ2v) is 8.91. The summed E-state index contributed by atoms with van der Waals surface area (Å²) in [5, 5.41) is 6.06. The summed E-state index contributed by atoms with van der Waals surface area (Å²) in [4.78, 5) is 9.38. The molecule has 37 heavy (non-hydrogen) atoms. The molecule has 1 N–H and O–H groups in total. The van der Waals surface area contributed by atoms with Crippen molar-refractivity contribution >= 4 is 34.7 Å². The lowest BCUT2D eigenvalue weighted by atomic mass is 9.99. The van der Waals surface area contributed by atoms with Crippen LogP contribution in [-0.2, 0) is 0 Å². The zero-order chi connectivity index (χ0) is 25.0. The highest BCUT2D eigenvalue weighted by Crippen LogP contribution is 2.44. The number of hydrogen-bond acceptors (Lipinski definition) is 4. The zero-order valence-electron chi connectivity index (χ0n) is 19.8. The molecular weight excluding hydrogens is 478 g/mol. The summed E-state index contributed by atoms with van der Waals surface area (Å²) in [6, 6.07) is 38.4. The van der Waals surface area contributed by atoms with E-state index in [0.29, 0.717) is 10.8 Å². The third-order valence-corrected chi connectivity index (χ3v) is 6.38. The summed E-state index contributed by atoms with van der Waals surface area (Å²) < 4.78 is 2.16. The minimum Gasteiger partial charge on any atom is -0.293 e. The first-order valence-corrected chi connectivity index (χ1v) is 12.3. The van der Waals surface area contributed by atoms with Gasteiger partial charge in [0.25, 0.3) is 0 Å². The maximum Gasteiger partial charge on any atom is 0.159 e. The van der Waals surface area contributed by atoms with Gasteiger partial charge < -0.3 is 0 Å². The van der Waals surface area contributed by atoms with E-state index < -0.39 is 0 Å². The predicted molar refractivity (Wildman–Crippen MR) is 152 cm³/mol. The van der Waals surface area contributed by atoms with Crippen LogP contribution in [0.2, 0.25) is 5.02 Å². The van der Waals surface area contributed by atoms with Gasteiger partial charge in [-0.25, -0.2) is 9.97 Å². The van der Waals surface area contributed by atoms with Crippen molar-refractivity contribution in [2.45, 2.75) is 0 Å². The van der Waals surface area contributed by atoms with Gasteiger partial charge >= 0.3 is 0 Å². The smallest absolute Gasteiger partial charge is 0.159 e. The molecule has 6 heteroatoms. The molecule has 5 nitrogen and oxygen atoms in total. The van der Waals surface area contributed by atoms with Crippen molar-refractivity contribution in [2.24, 2.45) is 5.10 Å². The number of anilines is 1. The Labute approximate surface area is 219 Å². The van der Waals surface area contributed by atoms with Crippen LogP contribution in [0.5, 0.6) is 0 Å². The van der Waals surface area contributed by atoms with Crippen LogP contribution in [0.25, 0.3) is 39.1 Å². The monoisotopic (exact) mass is 499 g/mol. The third kappa shape index (κ3) is 4.48. The standard InChI is InChI=1S/C31H22ClN5/c32-25-16-18-26(19-17-25)37-29(24-14-8-3-9-15-24)27(23-12-6-2-7-13-23)28-30(33-21-34-31(28)37)36-35-20-22-10-4-1-5-11-22/h1-21H,(H,33,34,36)/b35-20+. The van der Waals surface area contributed by atoms with Crippen LogP contribution in [0.1, 0.15) is 5.56 Å². The van der Waals surface area contributed by atoms with E-state index in [1.165, 1.54) is 0 Å². The average Bonchev–Trinajstić information content (AvgIpc) is 3.31. The molecule has 2 aromatic heterocycles. The van der Waals surface area contributed by atoms with E-state index in [-0.39, 0.29) is 0 Å². The third-order valence-electron chi connectivity index (χ3n) is 6.13. The summed E-state index contributed by atoms with van der Waals surface area (Å²) in [5.41, 5.74) is 10.1. The number of fused-ring (bicyclic) bond motifs is 1. The highest BCUT2D eigenvalue weighted by molar-refractivity contribution is 6.30. The van der Waals surface area contributed by atoms with Gasteiger partial charge in [-0.1, -0.05) is 103 Å². The molecule has 2 heterocycles. The van der Waals surface area contributed by atoms with E-state index in [1.54, 1.807) is 12.5 Å². The van der Waals surface area contributed by atoms with Crippen LogP contribution < -0.4 is 5.43 Å². The van der Waals surface area contributed by atoms with Gasteiger partial charge in [0, 0.05) is 16.3 Å². The van der Waals surface area contributed by atoms with Gasteiger partial charge in [0.15, 0.2) is 11.5 Å². The van der Waals surface area contributed by atoms with Crippen molar-refractivity contribution in [3.8, 4) is 28.1 Å². The molecule has 0 saturated carbocycles. The van der Waals surface area contributed by atoms with Gasteiger partial charge in [-0.3, -0.25) is 9.99 Å². The predicted octanol–water partition coefficient (Wildman–Crippen LogP) is 7.85. The van der Waals surface area contributed by atoms with Crippen LogP contribution in [-0.4, -0.2) is 20.7 Å². The molecule has 6 rings (SSSR count). The van der Waals surface area contributed by atoms with Gasteiger partial charge in [-0.2, -0.15) is 5.10 Å². The van der Waals surface area contributed by atoms with E-state index in [1.807, 2.05) is 91.0 Å². The Morgan fingerprint density at radius 3 is 2.00 bits per heavy atom. The fourth-order valence-electron chi connectivity index (χ4n) is 4.50. The molecule has 0 bridgehead atoms.